The van der Waals surface area contributed by atoms with Crippen LogP contribution in [0.1, 0.15) is 63.6 Å². The van der Waals surface area contributed by atoms with Crippen molar-refractivity contribution in [2.75, 3.05) is 31.7 Å². The first-order valence-corrected chi connectivity index (χ1v) is 18.5. The normalized spacial score (nSPS) is 17.7. The number of amides is 1. The first kappa shape index (κ1) is 33.7. The zero-order chi connectivity index (χ0) is 33.3. The molecule has 8 nitrogen and oxygen atoms in total. The molecule has 1 aliphatic carbocycles. The van der Waals surface area contributed by atoms with Crippen LogP contribution in [0.2, 0.25) is 0 Å². The molecule has 1 unspecified atom stereocenters. The third-order valence-corrected chi connectivity index (χ3v) is 10.3. The summed E-state index contributed by atoms with van der Waals surface area (Å²) in [4.78, 5) is 21.1. The number of carbonyl (C=O) groups excluding carboxylic acids is 1. The Labute approximate surface area is 286 Å². The molecular weight excluding hydrogens is 621 g/mol. The summed E-state index contributed by atoms with van der Waals surface area (Å²) in [5.74, 6) is 1.13. The summed E-state index contributed by atoms with van der Waals surface area (Å²) in [7, 11) is -1.22. The molecule has 0 spiro atoms. The van der Waals surface area contributed by atoms with E-state index in [9.17, 15) is 9.00 Å². The van der Waals surface area contributed by atoms with Gasteiger partial charge in [0.05, 0.1) is 35.2 Å². The number of carbonyl (C=O) groups is 1. The number of rotatable bonds is 15. The molecule has 2 atom stereocenters. The van der Waals surface area contributed by atoms with Gasteiger partial charge < -0.3 is 24.3 Å². The number of nitrogens with zero attached hydrogens (tertiary/aromatic N) is 3. The predicted octanol–water partition coefficient (Wildman–Crippen LogP) is 7.44. The minimum Gasteiger partial charge on any atom is -0.491 e. The van der Waals surface area contributed by atoms with Gasteiger partial charge >= 0.3 is 0 Å². The van der Waals surface area contributed by atoms with Crippen LogP contribution in [0.3, 0.4) is 0 Å². The smallest absolute Gasteiger partial charge is 0.251 e. The van der Waals surface area contributed by atoms with Crippen LogP contribution < -0.4 is 10.1 Å². The number of benzene rings is 2. The number of anilines is 1. The van der Waals surface area contributed by atoms with E-state index in [1.54, 1.807) is 12.5 Å². The van der Waals surface area contributed by atoms with Gasteiger partial charge in [0, 0.05) is 42.2 Å². The molecule has 1 saturated heterocycles. The van der Waals surface area contributed by atoms with Gasteiger partial charge in [-0.15, -0.1) is 0 Å². The summed E-state index contributed by atoms with van der Waals surface area (Å²) in [6.45, 7) is 7.80. The maximum atomic E-state index is 13.9. The Kier molecular flexibility index (Phi) is 11.4. The quantitative estimate of drug-likeness (QED) is 0.170. The van der Waals surface area contributed by atoms with Crippen LogP contribution in [-0.4, -0.2) is 57.0 Å². The fraction of sp³-hybridized carbons (Fsp3) is 0.385. The number of allylic oxidation sites excluding steroid dienone is 6. The Bertz CT molecular complexity index is 1720. The lowest BCUT2D eigenvalue weighted by molar-refractivity contribution is -0.119. The van der Waals surface area contributed by atoms with Crippen molar-refractivity contribution in [2.24, 2.45) is 0 Å². The highest BCUT2D eigenvalue weighted by atomic mass is 32.2. The zero-order valence-electron chi connectivity index (χ0n) is 28.0. The van der Waals surface area contributed by atoms with Crippen LogP contribution in [0, 0.1) is 0 Å². The van der Waals surface area contributed by atoms with Gasteiger partial charge in [0.25, 0.3) is 5.91 Å². The molecule has 1 aromatic heterocycles. The summed E-state index contributed by atoms with van der Waals surface area (Å²) in [6, 6.07) is 15.1. The topological polar surface area (TPSA) is 85.7 Å². The molecule has 1 fully saturated rings. The summed E-state index contributed by atoms with van der Waals surface area (Å²) in [5, 5.41) is 3.14. The van der Waals surface area contributed by atoms with Gasteiger partial charge in [-0.3, -0.25) is 9.00 Å². The van der Waals surface area contributed by atoms with Crippen LogP contribution in [0.15, 0.2) is 107 Å². The number of nitrogens with one attached hydrogen (secondary N) is 1. The number of imidazole rings is 1. The van der Waals surface area contributed by atoms with E-state index < -0.39 is 16.8 Å². The minimum absolute atomic E-state index is 0.0894. The van der Waals surface area contributed by atoms with Crippen LogP contribution in [0.25, 0.3) is 5.57 Å². The van der Waals surface area contributed by atoms with Gasteiger partial charge in [-0.25, -0.2) is 4.98 Å². The van der Waals surface area contributed by atoms with Crippen molar-refractivity contribution in [1.29, 1.82) is 0 Å². The molecule has 1 amide bonds. The summed E-state index contributed by atoms with van der Waals surface area (Å²) < 4.78 is 26.7. The average Bonchev–Trinajstić information content (AvgIpc) is 3.73. The van der Waals surface area contributed by atoms with Crippen molar-refractivity contribution in [2.45, 2.75) is 75.6 Å². The number of hydrogen-bond donors (Lipinski definition) is 1. The summed E-state index contributed by atoms with van der Waals surface area (Å²) >= 11 is 0. The Morgan fingerprint density at radius 1 is 1.02 bits per heavy atom. The third-order valence-electron chi connectivity index (χ3n) is 8.97. The molecule has 0 bridgehead atoms. The molecule has 48 heavy (non-hydrogen) atoms. The molecule has 0 radical (unpaired) electrons. The largest absolute Gasteiger partial charge is 0.491 e. The lowest BCUT2D eigenvalue weighted by Crippen LogP contribution is -2.41. The Balaban J connectivity index is 1.15. The molecule has 3 aliphatic rings. The second-order valence-electron chi connectivity index (χ2n) is 12.4. The van der Waals surface area contributed by atoms with Crippen LogP contribution in [0.5, 0.6) is 5.75 Å². The van der Waals surface area contributed by atoms with E-state index in [-0.39, 0.29) is 5.91 Å². The third kappa shape index (κ3) is 8.08. The highest BCUT2D eigenvalue weighted by molar-refractivity contribution is 7.84. The van der Waals surface area contributed by atoms with Gasteiger partial charge in [-0.05, 0) is 96.9 Å². The van der Waals surface area contributed by atoms with Crippen molar-refractivity contribution in [3.05, 3.63) is 113 Å². The summed E-state index contributed by atoms with van der Waals surface area (Å²) in [5.41, 5.74) is 7.59. The van der Waals surface area contributed by atoms with E-state index in [1.165, 1.54) is 16.8 Å². The van der Waals surface area contributed by atoms with E-state index >= 15 is 0 Å². The second kappa shape index (κ2) is 16.3. The van der Waals surface area contributed by atoms with Crippen LogP contribution in [-0.2, 0) is 32.6 Å². The monoisotopic (exact) mass is 666 g/mol. The molecule has 3 aromatic rings. The van der Waals surface area contributed by atoms with E-state index in [0.717, 1.165) is 85.7 Å². The molecule has 252 valence electrons. The van der Waals surface area contributed by atoms with Crippen molar-refractivity contribution >= 4 is 28.0 Å². The van der Waals surface area contributed by atoms with Crippen molar-refractivity contribution in [3.8, 4) is 5.75 Å². The van der Waals surface area contributed by atoms with Crippen LogP contribution >= 0.6 is 0 Å². The van der Waals surface area contributed by atoms with E-state index in [0.29, 0.717) is 24.7 Å². The fourth-order valence-corrected chi connectivity index (χ4v) is 7.59. The number of aromatic nitrogens is 2. The van der Waals surface area contributed by atoms with E-state index in [4.69, 9.17) is 9.47 Å². The number of aryl methyl sites for hydroxylation is 1. The van der Waals surface area contributed by atoms with Crippen molar-refractivity contribution < 1.29 is 18.5 Å². The number of ether oxygens (including phenoxy) is 2. The van der Waals surface area contributed by atoms with Gasteiger partial charge in [-0.1, -0.05) is 50.6 Å². The zero-order valence-corrected chi connectivity index (χ0v) is 28.8. The van der Waals surface area contributed by atoms with Gasteiger partial charge in [0.15, 0.2) is 0 Å². The first-order chi connectivity index (χ1) is 23.5. The molecular formula is C39H46N4O4S. The maximum absolute atomic E-state index is 13.9. The highest BCUT2D eigenvalue weighted by Crippen LogP contribution is 2.40. The molecule has 9 heteroatoms. The molecule has 2 aromatic carbocycles. The average molecular weight is 667 g/mol. The van der Waals surface area contributed by atoms with E-state index in [2.05, 4.69) is 64.0 Å². The molecule has 6 rings (SSSR count). The van der Waals surface area contributed by atoms with Gasteiger partial charge in [-0.2, -0.15) is 0 Å². The van der Waals surface area contributed by atoms with Gasteiger partial charge in [0.2, 0.25) is 0 Å². The highest BCUT2D eigenvalue weighted by Gasteiger charge is 2.35. The Morgan fingerprint density at radius 3 is 2.65 bits per heavy atom. The first-order valence-electron chi connectivity index (χ1n) is 17.2. The van der Waals surface area contributed by atoms with Crippen LogP contribution in [0.4, 0.5) is 5.69 Å². The van der Waals surface area contributed by atoms with Crippen molar-refractivity contribution in [3.63, 3.8) is 0 Å². The molecule has 0 saturated carbocycles. The summed E-state index contributed by atoms with van der Waals surface area (Å²) in [6.07, 6.45) is 18.4. The number of hydrogen-bond acceptors (Lipinski definition) is 6. The standard InChI is InChI=1S/C39H46N4O4S/c1-3-5-22-46-23-24-47-35-14-9-29(10-15-35)31-11-18-37(43-21-19-30-7-6-8-32(25-31)38(30)43)39(44)41-33-12-16-36(17-13-33)48(45)27-34-26-40-28-42(34)20-4-2/h7,9-18,25-26,28,37H,3-6,8,19-24,27H2,1-2H3,(H,41,44)/t37?,48-/m0/s1. The molecule has 3 heterocycles. The fourth-order valence-electron chi connectivity index (χ4n) is 6.47. The van der Waals surface area contributed by atoms with Gasteiger partial charge in [0.1, 0.15) is 18.4 Å². The minimum atomic E-state index is -1.22. The maximum Gasteiger partial charge on any atom is 0.251 e. The number of unbranched alkanes of at least 4 members (excludes halogenated alkanes) is 1. The van der Waals surface area contributed by atoms with E-state index in [1.807, 2.05) is 42.5 Å². The Hall–Kier alpha value is -4.21. The lowest BCUT2D eigenvalue weighted by atomic mass is 9.91. The Morgan fingerprint density at radius 2 is 1.85 bits per heavy atom. The molecule has 2 aliphatic heterocycles. The SMILES string of the molecule is CCCCOCCOc1ccc(C2=CC3=C4C(=CCC3)CCN4C(C(=O)Nc3ccc([S@@](=O)Cc4cncn4CCC)cc3)C=C2)cc1. The lowest BCUT2D eigenvalue weighted by Gasteiger charge is -2.32. The predicted molar refractivity (Wildman–Crippen MR) is 192 cm³/mol. The molecule has 1 N–H and O–H groups in total. The van der Waals surface area contributed by atoms with Crippen molar-refractivity contribution in [1.82, 2.24) is 14.5 Å². The second-order valence-corrected chi connectivity index (χ2v) is 13.9.